The number of halogens is 2. The molecule has 4 heteroatoms. The van der Waals surface area contributed by atoms with Crippen LogP contribution in [0.1, 0.15) is 24.9 Å². The molecular weight excluding hydrogens is 287 g/mol. The van der Waals surface area contributed by atoms with Gasteiger partial charge in [0, 0.05) is 19.8 Å². The average Bonchev–Trinajstić information content (AvgIpc) is 2.44. The van der Waals surface area contributed by atoms with Crippen LogP contribution in [0.2, 0.25) is 5.02 Å². The molecule has 2 aromatic carbocycles. The highest BCUT2D eigenvalue weighted by molar-refractivity contribution is 6.33. The van der Waals surface area contributed by atoms with Gasteiger partial charge in [0.2, 0.25) is 0 Å². The smallest absolute Gasteiger partial charge is 0.123 e. The second-order valence-electron chi connectivity index (χ2n) is 5.22. The number of benzene rings is 2. The molecule has 0 radical (unpaired) electrons. The van der Waals surface area contributed by atoms with Crippen LogP contribution in [-0.4, -0.2) is 14.1 Å². The Morgan fingerprint density at radius 2 is 1.95 bits per heavy atom. The first-order valence-electron chi connectivity index (χ1n) is 7.00. The summed E-state index contributed by atoms with van der Waals surface area (Å²) < 4.78 is 13.4. The first kappa shape index (κ1) is 15.6. The van der Waals surface area contributed by atoms with Gasteiger partial charge in [0.15, 0.2) is 0 Å². The van der Waals surface area contributed by atoms with E-state index in [1.807, 2.05) is 43.3 Å². The normalized spacial score (nSPS) is 12.0. The largest absolute Gasteiger partial charge is 0.378 e. The van der Waals surface area contributed by atoms with Gasteiger partial charge in [-0.1, -0.05) is 30.7 Å². The molecule has 0 aliphatic heterocycles. The summed E-state index contributed by atoms with van der Waals surface area (Å²) in [5.74, 6) is -0.214. The summed E-state index contributed by atoms with van der Waals surface area (Å²) in [6.07, 6.45) is 0.858. The molecule has 1 unspecified atom stereocenters. The summed E-state index contributed by atoms with van der Waals surface area (Å²) in [5, 5.41) is 4.10. The molecule has 0 aliphatic rings. The number of nitrogens with zero attached hydrogens (tertiary/aromatic N) is 1. The van der Waals surface area contributed by atoms with E-state index in [1.165, 1.54) is 6.07 Å². The highest BCUT2D eigenvalue weighted by Crippen LogP contribution is 2.30. The third-order valence-electron chi connectivity index (χ3n) is 3.43. The monoisotopic (exact) mass is 306 g/mol. The molecule has 0 aliphatic carbocycles. The Kier molecular flexibility index (Phi) is 5.07. The van der Waals surface area contributed by atoms with E-state index in [-0.39, 0.29) is 11.9 Å². The molecule has 0 spiro atoms. The van der Waals surface area contributed by atoms with Crippen molar-refractivity contribution < 1.29 is 4.39 Å². The predicted molar refractivity (Wildman–Crippen MR) is 88.8 cm³/mol. The molecular formula is C17H20ClFN2. The lowest BCUT2D eigenvalue weighted by molar-refractivity contribution is 0.621. The summed E-state index contributed by atoms with van der Waals surface area (Å²) in [6, 6.07) is 12.6. The highest BCUT2D eigenvalue weighted by atomic mass is 35.5. The van der Waals surface area contributed by atoms with Gasteiger partial charge < -0.3 is 10.2 Å². The van der Waals surface area contributed by atoms with E-state index in [0.717, 1.165) is 23.4 Å². The molecule has 2 nitrogen and oxygen atoms in total. The van der Waals surface area contributed by atoms with Crippen LogP contribution < -0.4 is 10.2 Å². The summed E-state index contributed by atoms with van der Waals surface area (Å²) in [6.45, 7) is 2.07. The van der Waals surface area contributed by atoms with Gasteiger partial charge in [-0.2, -0.15) is 0 Å². The molecule has 0 fully saturated rings. The van der Waals surface area contributed by atoms with E-state index in [2.05, 4.69) is 12.2 Å². The zero-order chi connectivity index (χ0) is 15.4. The molecule has 0 bridgehead atoms. The Hall–Kier alpha value is -1.74. The maximum Gasteiger partial charge on any atom is 0.123 e. The van der Waals surface area contributed by atoms with E-state index < -0.39 is 0 Å². The zero-order valence-electron chi connectivity index (χ0n) is 12.5. The molecule has 0 heterocycles. The molecule has 1 atom stereocenters. The average molecular weight is 307 g/mol. The van der Waals surface area contributed by atoms with Gasteiger partial charge >= 0.3 is 0 Å². The van der Waals surface area contributed by atoms with Crippen molar-refractivity contribution in [1.82, 2.24) is 0 Å². The van der Waals surface area contributed by atoms with Gasteiger partial charge in [0.05, 0.1) is 16.8 Å². The van der Waals surface area contributed by atoms with Gasteiger partial charge in [-0.25, -0.2) is 4.39 Å². The maximum absolute atomic E-state index is 13.4. The molecule has 21 heavy (non-hydrogen) atoms. The van der Waals surface area contributed by atoms with Crippen molar-refractivity contribution in [3.8, 4) is 0 Å². The van der Waals surface area contributed by atoms with Crippen molar-refractivity contribution in [2.75, 3.05) is 24.3 Å². The summed E-state index contributed by atoms with van der Waals surface area (Å²) >= 11 is 6.28. The first-order valence-corrected chi connectivity index (χ1v) is 7.38. The predicted octanol–water partition coefficient (Wildman–Crippen LogP) is 5.11. The molecule has 0 saturated heterocycles. The SMILES string of the molecule is CCC(Nc1ccc(N(C)C)c(Cl)c1)c1cccc(F)c1. The van der Waals surface area contributed by atoms with Crippen LogP contribution in [0.15, 0.2) is 42.5 Å². The third-order valence-corrected chi connectivity index (χ3v) is 3.73. The van der Waals surface area contributed by atoms with Crippen molar-refractivity contribution in [1.29, 1.82) is 0 Å². The molecule has 1 N–H and O–H groups in total. The lowest BCUT2D eigenvalue weighted by atomic mass is 10.0. The quantitative estimate of drug-likeness (QED) is 0.826. The van der Waals surface area contributed by atoms with E-state index in [0.29, 0.717) is 5.02 Å². The Bertz CT molecular complexity index is 613. The lowest BCUT2D eigenvalue weighted by Crippen LogP contribution is -2.11. The van der Waals surface area contributed by atoms with Gasteiger partial charge in [-0.15, -0.1) is 0 Å². The molecule has 0 aromatic heterocycles. The Balaban J connectivity index is 2.21. The Morgan fingerprint density at radius 1 is 1.19 bits per heavy atom. The highest BCUT2D eigenvalue weighted by Gasteiger charge is 2.11. The topological polar surface area (TPSA) is 15.3 Å². The summed E-state index contributed by atoms with van der Waals surface area (Å²) in [5.41, 5.74) is 2.84. The number of hydrogen-bond donors (Lipinski definition) is 1. The molecule has 0 amide bonds. The van der Waals surface area contributed by atoms with Crippen LogP contribution in [0.5, 0.6) is 0 Å². The van der Waals surface area contributed by atoms with E-state index in [9.17, 15) is 4.39 Å². The fourth-order valence-electron chi connectivity index (χ4n) is 2.30. The second-order valence-corrected chi connectivity index (χ2v) is 5.63. The maximum atomic E-state index is 13.4. The van der Waals surface area contributed by atoms with Gasteiger partial charge in [0.1, 0.15) is 5.82 Å². The van der Waals surface area contributed by atoms with E-state index >= 15 is 0 Å². The van der Waals surface area contributed by atoms with Crippen LogP contribution in [0, 0.1) is 5.82 Å². The van der Waals surface area contributed by atoms with Crippen molar-refractivity contribution in [3.63, 3.8) is 0 Å². The van der Waals surface area contributed by atoms with Crippen LogP contribution in [-0.2, 0) is 0 Å². The van der Waals surface area contributed by atoms with Crippen molar-refractivity contribution in [2.45, 2.75) is 19.4 Å². The van der Waals surface area contributed by atoms with Crippen molar-refractivity contribution in [2.24, 2.45) is 0 Å². The van der Waals surface area contributed by atoms with Gasteiger partial charge in [0.25, 0.3) is 0 Å². The zero-order valence-corrected chi connectivity index (χ0v) is 13.3. The standard InChI is InChI=1S/C17H20ClFN2/c1-4-16(12-6-5-7-13(19)10-12)20-14-8-9-17(21(2)3)15(18)11-14/h5-11,16,20H,4H2,1-3H3. The Labute approximate surface area is 130 Å². The minimum absolute atomic E-state index is 0.0574. The summed E-state index contributed by atoms with van der Waals surface area (Å²) in [7, 11) is 3.91. The molecule has 2 aromatic rings. The lowest BCUT2D eigenvalue weighted by Gasteiger charge is -2.21. The Morgan fingerprint density at radius 3 is 2.52 bits per heavy atom. The van der Waals surface area contributed by atoms with Gasteiger partial charge in [-0.3, -0.25) is 0 Å². The molecule has 112 valence electrons. The number of rotatable bonds is 5. The third kappa shape index (κ3) is 3.88. The van der Waals surface area contributed by atoms with Crippen molar-refractivity contribution in [3.05, 3.63) is 58.9 Å². The second kappa shape index (κ2) is 6.81. The number of hydrogen-bond acceptors (Lipinski definition) is 2. The minimum atomic E-state index is -0.214. The van der Waals surface area contributed by atoms with E-state index in [1.54, 1.807) is 12.1 Å². The fourth-order valence-corrected chi connectivity index (χ4v) is 2.65. The van der Waals surface area contributed by atoms with Crippen LogP contribution in [0.4, 0.5) is 15.8 Å². The fraction of sp³-hybridized carbons (Fsp3) is 0.294. The van der Waals surface area contributed by atoms with Crippen LogP contribution in [0.25, 0.3) is 0 Å². The minimum Gasteiger partial charge on any atom is -0.378 e. The van der Waals surface area contributed by atoms with Crippen LogP contribution >= 0.6 is 11.6 Å². The van der Waals surface area contributed by atoms with E-state index in [4.69, 9.17) is 11.6 Å². The summed E-state index contributed by atoms with van der Waals surface area (Å²) in [4.78, 5) is 1.97. The van der Waals surface area contributed by atoms with Gasteiger partial charge in [-0.05, 0) is 42.3 Å². The first-order chi connectivity index (χ1) is 10.0. The van der Waals surface area contributed by atoms with Crippen molar-refractivity contribution >= 4 is 23.0 Å². The van der Waals surface area contributed by atoms with Crippen LogP contribution in [0.3, 0.4) is 0 Å². The number of nitrogens with one attached hydrogen (secondary N) is 1. The molecule has 0 saturated carbocycles. The molecule has 2 rings (SSSR count). The number of anilines is 2.